The quantitative estimate of drug-likeness (QED) is 0.717. The van der Waals surface area contributed by atoms with Crippen LogP contribution in [-0.2, 0) is 12.8 Å². The first-order valence-electron chi connectivity index (χ1n) is 5.19. The van der Waals surface area contributed by atoms with E-state index in [9.17, 15) is 5.11 Å². The highest BCUT2D eigenvalue weighted by Crippen LogP contribution is 2.27. The van der Waals surface area contributed by atoms with Crippen LogP contribution in [0.25, 0.3) is 10.9 Å². The first-order valence-corrected chi connectivity index (χ1v) is 5.19. The van der Waals surface area contributed by atoms with Gasteiger partial charge in [0.25, 0.3) is 0 Å². The van der Waals surface area contributed by atoms with Crippen LogP contribution < -0.4 is 0 Å². The van der Waals surface area contributed by atoms with Gasteiger partial charge in [-0.25, -0.2) is 0 Å². The molecule has 3 heteroatoms. The van der Waals surface area contributed by atoms with Crippen LogP contribution in [0.2, 0.25) is 0 Å². The Bertz CT molecular complexity index is 474. The molecule has 0 atom stereocenters. The molecule has 2 aromatic rings. The molecule has 3 N–H and O–H groups in total. The van der Waals surface area contributed by atoms with E-state index in [1.165, 1.54) is 0 Å². The minimum Gasteiger partial charge on any atom is -0.508 e. The van der Waals surface area contributed by atoms with Gasteiger partial charge in [-0.3, -0.25) is 0 Å². The molecule has 15 heavy (non-hydrogen) atoms. The number of aryl methyl sites for hydroxylation is 1. The van der Waals surface area contributed by atoms with Crippen molar-refractivity contribution in [3.05, 3.63) is 29.5 Å². The van der Waals surface area contributed by atoms with E-state index in [1.54, 1.807) is 12.1 Å². The molecule has 1 aromatic heterocycles. The molecular weight excluding hydrogens is 190 g/mol. The number of aromatic hydroxyl groups is 1. The molecule has 1 heterocycles. The number of aliphatic hydroxyl groups is 1. The molecule has 0 saturated carbocycles. The van der Waals surface area contributed by atoms with Crippen molar-refractivity contribution in [2.75, 3.05) is 6.61 Å². The first kappa shape index (κ1) is 10.1. The van der Waals surface area contributed by atoms with Crippen molar-refractivity contribution < 1.29 is 10.2 Å². The second kappa shape index (κ2) is 3.95. The van der Waals surface area contributed by atoms with E-state index in [2.05, 4.69) is 11.9 Å². The molecule has 0 spiro atoms. The maximum Gasteiger partial charge on any atom is 0.116 e. The highest BCUT2D eigenvalue weighted by atomic mass is 16.3. The molecule has 1 aromatic carbocycles. The van der Waals surface area contributed by atoms with Gasteiger partial charge in [0.05, 0.1) is 0 Å². The molecule has 0 saturated heterocycles. The zero-order valence-electron chi connectivity index (χ0n) is 8.75. The Morgan fingerprint density at radius 1 is 1.27 bits per heavy atom. The second-order valence-electron chi connectivity index (χ2n) is 3.67. The van der Waals surface area contributed by atoms with Gasteiger partial charge in [-0.05, 0) is 36.1 Å². The van der Waals surface area contributed by atoms with E-state index in [1.807, 2.05) is 6.20 Å². The summed E-state index contributed by atoms with van der Waals surface area (Å²) in [5.41, 5.74) is 3.23. The number of nitrogens with one attached hydrogen (secondary N) is 1. The highest BCUT2D eigenvalue weighted by molar-refractivity contribution is 5.87. The number of aromatic nitrogens is 1. The van der Waals surface area contributed by atoms with E-state index >= 15 is 0 Å². The Kier molecular flexibility index (Phi) is 2.64. The summed E-state index contributed by atoms with van der Waals surface area (Å²) in [5, 5.41) is 19.5. The van der Waals surface area contributed by atoms with Gasteiger partial charge in [0.15, 0.2) is 0 Å². The second-order valence-corrected chi connectivity index (χ2v) is 3.67. The molecular formula is C12H15NO2. The molecule has 0 amide bonds. The fourth-order valence-electron chi connectivity index (χ4n) is 1.95. The van der Waals surface area contributed by atoms with E-state index < -0.39 is 0 Å². The largest absolute Gasteiger partial charge is 0.508 e. The van der Waals surface area contributed by atoms with Gasteiger partial charge in [0, 0.05) is 23.7 Å². The number of H-pyrrole nitrogens is 1. The van der Waals surface area contributed by atoms with E-state index in [-0.39, 0.29) is 12.4 Å². The van der Waals surface area contributed by atoms with Crippen molar-refractivity contribution in [1.82, 2.24) is 4.98 Å². The number of hydrogen-bond acceptors (Lipinski definition) is 2. The Morgan fingerprint density at radius 3 is 2.73 bits per heavy atom. The van der Waals surface area contributed by atoms with E-state index in [4.69, 9.17) is 5.11 Å². The number of aliphatic hydroxyl groups excluding tert-OH is 1. The maximum absolute atomic E-state index is 9.58. The van der Waals surface area contributed by atoms with Crippen LogP contribution in [0.5, 0.6) is 5.75 Å². The fourth-order valence-corrected chi connectivity index (χ4v) is 1.95. The molecule has 0 aliphatic heterocycles. The molecule has 0 unspecified atom stereocenters. The zero-order valence-corrected chi connectivity index (χ0v) is 8.75. The molecule has 0 aliphatic rings. The number of hydrogen-bond donors (Lipinski definition) is 3. The molecule has 0 bridgehead atoms. The third-order valence-electron chi connectivity index (χ3n) is 2.70. The maximum atomic E-state index is 9.58. The van der Waals surface area contributed by atoms with Crippen LogP contribution in [0.15, 0.2) is 18.3 Å². The van der Waals surface area contributed by atoms with Crippen LogP contribution in [0.1, 0.15) is 18.1 Å². The van der Waals surface area contributed by atoms with Crippen molar-refractivity contribution in [3.63, 3.8) is 0 Å². The Labute approximate surface area is 88.4 Å². The summed E-state index contributed by atoms with van der Waals surface area (Å²) in [6.07, 6.45) is 3.40. The first-order chi connectivity index (χ1) is 7.26. The van der Waals surface area contributed by atoms with Crippen molar-refractivity contribution in [3.8, 4) is 5.75 Å². The highest BCUT2D eigenvalue weighted by Gasteiger charge is 2.08. The molecule has 2 rings (SSSR count). The number of phenols is 1. The average molecular weight is 205 g/mol. The van der Waals surface area contributed by atoms with E-state index in [0.717, 1.165) is 28.5 Å². The van der Waals surface area contributed by atoms with Gasteiger partial charge in [0.2, 0.25) is 0 Å². The number of rotatable bonds is 3. The number of fused-ring (bicyclic) bond motifs is 1. The van der Waals surface area contributed by atoms with Crippen LogP contribution in [0, 0.1) is 0 Å². The smallest absolute Gasteiger partial charge is 0.116 e. The molecule has 80 valence electrons. The van der Waals surface area contributed by atoms with Gasteiger partial charge in [0.1, 0.15) is 5.75 Å². The third-order valence-corrected chi connectivity index (χ3v) is 2.70. The van der Waals surface area contributed by atoms with E-state index in [0.29, 0.717) is 6.42 Å². The lowest BCUT2D eigenvalue weighted by atomic mass is 10.1. The molecule has 3 nitrogen and oxygen atoms in total. The van der Waals surface area contributed by atoms with Crippen LogP contribution >= 0.6 is 0 Å². The summed E-state index contributed by atoms with van der Waals surface area (Å²) < 4.78 is 0. The van der Waals surface area contributed by atoms with Crippen LogP contribution in [0.4, 0.5) is 0 Å². The summed E-state index contributed by atoms with van der Waals surface area (Å²) in [6, 6.07) is 3.53. The lowest BCUT2D eigenvalue weighted by Gasteiger charge is -2.02. The van der Waals surface area contributed by atoms with Crippen LogP contribution in [0.3, 0.4) is 0 Å². The van der Waals surface area contributed by atoms with Crippen molar-refractivity contribution >= 4 is 10.9 Å². The Balaban J connectivity index is 2.64. The summed E-state index contributed by atoms with van der Waals surface area (Å²) in [5.74, 6) is 0.290. The predicted octanol–water partition coefficient (Wildman–Crippen LogP) is 1.97. The molecule has 0 radical (unpaired) electrons. The zero-order chi connectivity index (χ0) is 10.8. The third kappa shape index (κ3) is 1.70. The minimum atomic E-state index is 0.129. The van der Waals surface area contributed by atoms with Gasteiger partial charge in [-0.15, -0.1) is 0 Å². The van der Waals surface area contributed by atoms with Gasteiger partial charge in [-0.2, -0.15) is 0 Å². The number of phenolic OH excluding ortho intramolecular Hbond substituents is 1. The monoisotopic (exact) mass is 205 g/mol. The van der Waals surface area contributed by atoms with Crippen molar-refractivity contribution in [1.29, 1.82) is 0 Å². The lowest BCUT2D eigenvalue weighted by Crippen LogP contribution is -1.89. The summed E-state index contributed by atoms with van der Waals surface area (Å²) in [4.78, 5) is 3.20. The number of aromatic amines is 1. The van der Waals surface area contributed by atoms with Crippen LogP contribution in [-0.4, -0.2) is 21.8 Å². The summed E-state index contributed by atoms with van der Waals surface area (Å²) >= 11 is 0. The van der Waals surface area contributed by atoms with Crippen molar-refractivity contribution in [2.45, 2.75) is 19.8 Å². The predicted molar refractivity (Wildman–Crippen MR) is 60.1 cm³/mol. The number of benzene rings is 1. The van der Waals surface area contributed by atoms with Gasteiger partial charge < -0.3 is 15.2 Å². The average Bonchev–Trinajstić information content (AvgIpc) is 2.61. The molecule has 0 fully saturated rings. The Morgan fingerprint density at radius 2 is 2.07 bits per heavy atom. The summed E-state index contributed by atoms with van der Waals surface area (Å²) in [6.45, 7) is 2.19. The molecule has 0 aliphatic carbocycles. The lowest BCUT2D eigenvalue weighted by molar-refractivity contribution is 0.300. The SMILES string of the molecule is CCc1cc(O)cc2c(CCO)c[nH]c12. The summed E-state index contributed by atoms with van der Waals surface area (Å²) in [7, 11) is 0. The topological polar surface area (TPSA) is 56.2 Å². The van der Waals surface area contributed by atoms with Crippen molar-refractivity contribution in [2.24, 2.45) is 0 Å². The van der Waals surface area contributed by atoms with Gasteiger partial charge in [-0.1, -0.05) is 6.92 Å². The minimum absolute atomic E-state index is 0.129. The fraction of sp³-hybridized carbons (Fsp3) is 0.333. The normalized spacial score (nSPS) is 11.1. The standard InChI is InChI=1S/C12H15NO2/c1-2-8-5-10(15)6-11-9(3-4-14)7-13-12(8)11/h5-7,13-15H,2-4H2,1H3. The van der Waals surface area contributed by atoms with Gasteiger partial charge >= 0.3 is 0 Å². The Hall–Kier alpha value is -1.48.